The Kier molecular flexibility index (Phi) is 13.8. The number of aliphatic carboxylic acids is 1. The van der Waals surface area contributed by atoms with Crippen molar-refractivity contribution in [1.82, 2.24) is 0 Å². The maximum Gasteiger partial charge on any atom is 0.320 e. The molecule has 3 N–H and O–H groups in total. The van der Waals surface area contributed by atoms with Gasteiger partial charge in [-0.25, -0.2) is 0 Å². The van der Waals surface area contributed by atoms with E-state index in [1.54, 1.807) is 0 Å². The molecule has 0 saturated heterocycles. The fourth-order valence-electron chi connectivity index (χ4n) is 1.27. The van der Waals surface area contributed by atoms with Crippen LogP contribution in [0, 0.1) is 0 Å². The van der Waals surface area contributed by atoms with Crippen molar-refractivity contribution in [2.75, 3.05) is 0 Å². The van der Waals surface area contributed by atoms with E-state index in [0.717, 1.165) is 12.8 Å². The smallest absolute Gasteiger partial charge is 0.320 e. The van der Waals surface area contributed by atoms with Crippen molar-refractivity contribution < 1.29 is 9.90 Å². The Bertz CT molecular complexity index is 142. The molecule has 0 aromatic rings. The van der Waals surface area contributed by atoms with Gasteiger partial charge < -0.3 is 10.8 Å². The molecule has 14 heavy (non-hydrogen) atoms. The summed E-state index contributed by atoms with van der Waals surface area (Å²) >= 11 is 0. The zero-order chi connectivity index (χ0) is 10.1. The van der Waals surface area contributed by atoms with Gasteiger partial charge in [0.15, 0.2) is 0 Å². The molecule has 1 radical (unpaired) electrons. The number of hydrogen-bond donors (Lipinski definition) is 2. The van der Waals surface area contributed by atoms with Crippen LogP contribution < -0.4 is 5.73 Å². The summed E-state index contributed by atoms with van der Waals surface area (Å²) in [6, 6.07) is -0.661. The Balaban J connectivity index is 0. The first kappa shape index (κ1) is 16.8. The molecule has 0 saturated carbocycles. The first-order valence-electron chi connectivity index (χ1n) is 5.17. The van der Waals surface area contributed by atoms with Crippen LogP contribution in [0.25, 0.3) is 0 Å². The molecular weight excluding hydrogens is 189 g/mol. The van der Waals surface area contributed by atoms with Crippen molar-refractivity contribution in [3.05, 3.63) is 0 Å². The maximum absolute atomic E-state index is 10.3. The van der Waals surface area contributed by atoms with Gasteiger partial charge in [0, 0.05) is 29.6 Å². The average Bonchev–Trinajstić information content (AvgIpc) is 2.10. The maximum atomic E-state index is 10.3. The molecular formula is C10H21NNaO2. The minimum Gasteiger partial charge on any atom is -0.480 e. The Hall–Kier alpha value is 0.430. The Morgan fingerprint density at radius 1 is 1.21 bits per heavy atom. The van der Waals surface area contributed by atoms with Gasteiger partial charge in [0.2, 0.25) is 0 Å². The summed E-state index contributed by atoms with van der Waals surface area (Å²) in [4.78, 5) is 10.3. The molecule has 79 valence electrons. The fourth-order valence-corrected chi connectivity index (χ4v) is 1.27. The Labute approximate surface area is 109 Å². The van der Waals surface area contributed by atoms with Crippen LogP contribution in [-0.2, 0) is 4.79 Å². The average molecular weight is 210 g/mol. The third-order valence-electron chi connectivity index (χ3n) is 2.19. The summed E-state index contributed by atoms with van der Waals surface area (Å²) in [5.41, 5.74) is 5.36. The predicted octanol–water partition coefficient (Wildman–Crippen LogP) is 1.77. The van der Waals surface area contributed by atoms with Gasteiger partial charge in [-0.1, -0.05) is 45.4 Å². The van der Waals surface area contributed by atoms with E-state index in [1.165, 1.54) is 25.7 Å². The van der Waals surface area contributed by atoms with Crippen LogP contribution in [0.4, 0.5) is 0 Å². The second kappa shape index (κ2) is 11.5. The second-order valence-corrected chi connectivity index (χ2v) is 3.50. The van der Waals surface area contributed by atoms with Gasteiger partial charge in [-0.2, -0.15) is 0 Å². The number of carboxylic acids is 1. The van der Waals surface area contributed by atoms with Crippen molar-refractivity contribution in [3.63, 3.8) is 0 Å². The molecule has 0 rings (SSSR count). The molecule has 4 heteroatoms. The van der Waals surface area contributed by atoms with Gasteiger partial charge >= 0.3 is 5.97 Å². The van der Waals surface area contributed by atoms with Crippen molar-refractivity contribution in [2.45, 2.75) is 57.9 Å². The quantitative estimate of drug-likeness (QED) is 0.474. The number of hydrogen-bond acceptors (Lipinski definition) is 2. The zero-order valence-electron chi connectivity index (χ0n) is 9.46. The number of unbranched alkanes of at least 4 members (excludes halogenated alkanes) is 5. The molecule has 0 aliphatic rings. The molecule has 0 aromatic heterocycles. The predicted molar refractivity (Wildman–Crippen MR) is 59.4 cm³/mol. The summed E-state index contributed by atoms with van der Waals surface area (Å²) in [6.07, 6.45) is 7.66. The van der Waals surface area contributed by atoms with E-state index < -0.39 is 12.0 Å². The van der Waals surface area contributed by atoms with Crippen LogP contribution in [-0.4, -0.2) is 46.7 Å². The van der Waals surface area contributed by atoms with Crippen molar-refractivity contribution in [1.29, 1.82) is 0 Å². The van der Waals surface area contributed by atoms with Crippen molar-refractivity contribution in [3.8, 4) is 0 Å². The first-order chi connectivity index (χ1) is 6.18. The topological polar surface area (TPSA) is 63.3 Å². The summed E-state index contributed by atoms with van der Waals surface area (Å²) in [5, 5.41) is 8.50. The summed E-state index contributed by atoms with van der Waals surface area (Å²) in [6.45, 7) is 2.18. The standard InChI is InChI=1S/C10H21NO2.Na/c1-2-3-4-5-6-7-8-9(11)10(12)13;/h9H,2-8,11H2,1H3,(H,12,13);. The summed E-state index contributed by atoms with van der Waals surface area (Å²) in [7, 11) is 0. The Morgan fingerprint density at radius 2 is 1.71 bits per heavy atom. The molecule has 0 heterocycles. The largest absolute Gasteiger partial charge is 0.480 e. The molecule has 3 nitrogen and oxygen atoms in total. The van der Waals surface area contributed by atoms with Crippen LogP contribution in [0.5, 0.6) is 0 Å². The normalized spacial score (nSPS) is 11.9. The number of rotatable bonds is 8. The van der Waals surface area contributed by atoms with Crippen molar-refractivity contribution >= 4 is 35.5 Å². The van der Waals surface area contributed by atoms with Crippen LogP contribution in [0.15, 0.2) is 0 Å². The van der Waals surface area contributed by atoms with E-state index in [2.05, 4.69) is 6.92 Å². The number of carboxylic acid groups (broad SMARTS) is 1. The van der Waals surface area contributed by atoms with Gasteiger partial charge in [0.25, 0.3) is 0 Å². The number of nitrogens with two attached hydrogens (primary N) is 1. The van der Waals surface area contributed by atoms with Gasteiger partial charge in [-0.15, -0.1) is 0 Å². The first-order valence-corrected chi connectivity index (χ1v) is 5.17. The second-order valence-electron chi connectivity index (χ2n) is 3.50. The number of carbonyl (C=O) groups is 1. The molecule has 0 aliphatic heterocycles. The van der Waals surface area contributed by atoms with Gasteiger partial charge in [-0.05, 0) is 6.42 Å². The van der Waals surface area contributed by atoms with E-state index in [0.29, 0.717) is 6.42 Å². The van der Waals surface area contributed by atoms with E-state index in [1.807, 2.05) is 0 Å². The van der Waals surface area contributed by atoms with Crippen molar-refractivity contribution in [2.24, 2.45) is 5.73 Å². The van der Waals surface area contributed by atoms with Gasteiger partial charge in [0.1, 0.15) is 6.04 Å². The van der Waals surface area contributed by atoms with E-state index in [4.69, 9.17) is 10.8 Å². The Morgan fingerprint density at radius 3 is 2.21 bits per heavy atom. The third-order valence-corrected chi connectivity index (χ3v) is 2.19. The fraction of sp³-hybridized carbons (Fsp3) is 0.900. The van der Waals surface area contributed by atoms with Crippen LogP contribution in [0.3, 0.4) is 0 Å². The van der Waals surface area contributed by atoms with E-state index >= 15 is 0 Å². The van der Waals surface area contributed by atoms with Crippen LogP contribution >= 0.6 is 0 Å². The molecule has 0 spiro atoms. The molecule has 0 bridgehead atoms. The molecule has 1 unspecified atom stereocenters. The third kappa shape index (κ3) is 10.5. The minimum absolute atomic E-state index is 0. The molecule has 0 aromatic carbocycles. The zero-order valence-corrected chi connectivity index (χ0v) is 11.5. The van der Waals surface area contributed by atoms with Gasteiger partial charge in [0.05, 0.1) is 0 Å². The molecule has 0 amide bonds. The van der Waals surface area contributed by atoms with Crippen LogP contribution in [0.2, 0.25) is 0 Å². The van der Waals surface area contributed by atoms with Gasteiger partial charge in [-0.3, -0.25) is 4.79 Å². The minimum atomic E-state index is -0.881. The van der Waals surface area contributed by atoms with Crippen LogP contribution in [0.1, 0.15) is 51.9 Å². The SMILES string of the molecule is CCCCCCCCC(N)C(=O)O.[Na]. The summed E-state index contributed by atoms with van der Waals surface area (Å²) < 4.78 is 0. The molecule has 1 atom stereocenters. The van der Waals surface area contributed by atoms with E-state index in [9.17, 15) is 4.79 Å². The summed E-state index contributed by atoms with van der Waals surface area (Å²) in [5.74, 6) is -0.881. The molecule has 0 fully saturated rings. The monoisotopic (exact) mass is 210 g/mol. The molecule has 0 aliphatic carbocycles. The van der Waals surface area contributed by atoms with E-state index in [-0.39, 0.29) is 29.6 Å².